The molecule has 0 aliphatic heterocycles. The standard InChI is InChI=1S/C26H25ClN4O3.C2H6/c1-4-19(16-28-3)25(32)31-24-14-21(11-12-29-24)34-23-10-6-9-22(17(23)2)26(33)30-15-18-7-5-8-20(27)13-18;1-2/h4-14,16H,15H2,1-3H3,(H,30,33)(H,29,31,32);1-2H3/b19-4+,28-16?;. The first-order valence-corrected chi connectivity index (χ1v) is 11.9. The minimum Gasteiger partial charge on any atom is -0.457 e. The molecule has 0 unspecified atom stereocenters. The molecule has 0 spiro atoms. The molecule has 0 fully saturated rings. The lowest BCUT2D eigenvalue weighted by Crippen LogP contribution is -2.23. The zero-order valence-electron chi connectivity index (χ0n) is 21.1. The number of anilines is 1. The van der Waals surface area contributed by atoms with E-state index in [1.54, 1.807) is 56.4 Å². The van der Waals surface area contributed by atoms with Crippen LogP contribution in [-0.4, -0.2) is 30.1 Å². The van der Waals surface area contributed by atoms with E-state index in [2.05, 4.69) is 20.6 Å². The van der Waals surface area contributed by atoms with Gasteiger partial charge in [0.05, 0.1) is 5.57 Å². The Morgan fingerprint density at radius 1 is 1.11 bits per heavy atom. The van der Waals surface area contributed by atoms with E-state index in [1.165, 1.54) is 12.4 Å². The highest BCUT2D eigenvalue weighted by Crippen LogP contribution is 2.28. The van der Waals surface area contributed by atoms with Crippen LogP contribution in [-0.2, 0) is 11.3 Å². The number of amides is 2. The van der Waals surface area contributed by atoms with E-state index in [4.69, 9.17) is 16.3 Å². The molecule has 2 N–H and O–H groups in total. The van der Waals surface area contributed by atoms with Crippen LogP contribution in [0.4, 0.5) is 5.82 Å². The number of nitrogens with zero attached hydrogens (tertiary/aromatic N) is 2. The van der Waals surface area contributed by atoms with Crippen LogP contribution in [0.25, 0.3) is 0 Å². The quantitative estimate of drug-likeness (QED) is 0.274. The van der Waals surface area contributed by atoms with Crippen LogP contribution in [0.1, 0.15) is 42.3 Å². The molecule has 36 heavy (non-hydrogen) atoms. The summed E-state index contributed by atoms with van der Waals surface area (Å²) in [6.45, 7) is 7.93. The van der Waals surface area contributed by atoms with Crippen molar-refractivity contribution >= 4 is 35.4 Å². The van der Waals surface area contributed by atoms with Gasteiger partial charge in [-0.05, 0) is 49.7 Å². The number of ether oxygens (including phenoxy) is 1. The van der Waals surface area contributed by atoms with Crippen LogP contribution in [0, 0.1) is 6.92 Å². The van der Waals surface area contributed by atoms with Gasteiger partial charge in [-0.15, -0.1) is 0 Å². The highest BCUT2D eigenvalue weighted by molar-refractivity contribution is 6.30. The monoisotopic (exact) mass is 506 g/mol. The summed E-state index contributed by atoms with van der Waals surface area (Å²) in [5.41, 5.74) is 2.51. The largest absolute Gasteiger partial charge is 0.457 e. The number of hydrogen-bond acceptors (Lipinski definition) is 5. The van der Waals surface area contributed by atoms with E-state index in [0.29, 0.717) is 45.6 Å². The van der Waals surface area contributed by atoms with Gasteiger partial charge in [0.25, 0.3) is 11.8 Å². The third-order valence-electron chi connectivity index (χ3n) is 4.91. The average molecular weight is 507 g/mol. The van der Waals surface area contributed by atoms with E-state index in [9.17, 15) is 9.59 Å². The van der Waals surface area contributed by atoms with Crippen molar-refractivity contribution in [1.29, 1.82) is 0 Å². The Kier molecular flexibility index (Phi) is 11.3. The molecule has 0 saturated carbocycles. The minimum atomic E-state index is -0.327. The summed E-state index contributed by atoms with van der Waals surface area (Å²) in [6.07, 6.45) is 4.67. The Hall–Kier alpha value is -3.97. The van der Waals surface area contributed by atoms with E-state index >= 15 is 0 Å². The molecule has 0 aliphatic rings. The van der Waals surface area contributed by atoms with Crippen LogP contribution in [0.3, 0.4) is 0 Å². The molecule has 3 rings (SSSR count). The fraction of sp³-hybridized carbons (Fsp3) is 0.214. The number of carbonyl (C=O) groups excluding carboxylic acids is 2. The third-order valence-corrected chi connectivity index (χ3v) is 5.15. The number of halogens is 1. The maximum atomic E-state index is 12.8. The zero-order valence-corrected chi connectivity index (χ0v) is 21.9. The molecule has 0 saturated heterocycles. The van der Waals surface area contributed by atoms with Gasteiger partial charge in [-0.3, -0.25) is 14.6 Å². The number of hydrogen-bond donors (Lipinski definition) is 2. The first-order chi connectivity index (χ1) is 17.4. The second kappa shape index (κ2) is 14.4. The fourth-order valence-corrected chi connectivity index (χ4v) is 3.37. The Morgan fingerprint density at radius 3 is 2.56 bits per heavy atom. The van der Waals surface area contributed by atoms with Gasteiger partial charge >= 0.3 is 0 Å². The van der Waals surface area contributed by atoms with Gasteiger partial charge in [-0.25, -0.2) is 4.98 Å². The number of pyridine rings is 1. The fourth-order valence-electron chi connectivity index (χ4n) is 3.16. The Morgan fingerprint density at radius 2 is 1.86 bits per heavy atom. The van der Waals surface area contributed by atoms with Gasteiger partial charge in [0.15, 0.2) is 0 Å². The Bertz CT molecular complexity index is 1260. The van der Waals surface area contributed by atoms with Crippen LogP contribution in [0.5, 0.6) is 11.5 Å². The first kappa shape index (κ1) is 28.3. The highest BCUT2D eigenvalue weighted by Gasteiger charge is 2.14. The summed E-state index contributed by atoms with van der Waals surface area (Å²) in [6, 6.07) is 15.9. The SMILES string of the molecule is C/C=C(\C=NC)C(=O)Nc1cc(Oc2cccc(C(=O)NCc3cccc(Cl)c3)c2C)ccn1.CC. The van der Waals surface area contributed by atoms with Crippen molar-refractivity contribution in [3.8, 4) is 11.5 Å². The topological polar surface area (TPSA) is 92.7 Å². The number of allylic oxidation sites excluding steroid dienone is 1. The number of aromatic nitrogens is 1. The molecule has 1 heterocycles. The van der Waals surface area contributed by atoms with Gasteiger partial charge in [0.1, 0.15) is 17.3 Å². The molecule has 1 aromatic heterocycles. The summed E-state index contributed by atoms with van der Waals surface area (Å²) in [5, 5.41) is 6.24. The molecular weight excluding hydrogens is 476 g/mol. The van der Waals surface area contributed by atoms with Crippen LogP contribution < -0.4 is 15.4 Å². The molecule has 2 aromatic carbocycles. The van der Waals surface area contributed by atoms with Gasteiger partial charge < -0.3 is 15.4 Å². The zero-order chi connectivity index (χ0) is 26.5. The second-order valence-corrected chi connectivity index (χ2v) is 7.74. The number of benzene rings is 2. The van der Waals surface area contributed by atoms with Crippen molar-refractivity contribution in [2.45, 2.75) is 34.2 Å². The molecule has 0 radical (unpaired) electrons. The second-order valence-electron chi connectivity index (χ2n) is 7.31. The molecule has 3 aromatic rings. The molecule has 0 bridgehead atoms. The lowest BCUT2D eigenvalue weighted by Gasteiger charge is -2.13. The Balaban J connectivity index is 0.00000222. The van der Waals surface area contributed by atoms with Gasteiger partial charge in [-0.1, -0.05) is 49.7 Å². The average Bonchev–Trinajstić information content (AvgIpc) is 2.88. The predicted molar refractivity (Wildman–Crippen MR) is 146 cm³/mol. The van der Waals surface area contributed by atoms with E-state index in [1.807, 2.05) is 39.0 Å². The molecular formula is C28H31ClN4O3. The summed E-state index contributed by atoms with van der Waals surface area (Å²) < 4.78 is 6.01. The van der Waals surface area contributed by atoms with Crippen LogP contribution in [0.15, 0.2) is 77.4 Å². The number of nitrogens with one attached hydrogen (secondary N) is 2. The summed E-state index contributed by atoms with van der Waals surface area (Å²) >= 11 is 6.01. The molecule has 0 atom stereocenters. The Labute approximate surface area is 217 Å². The van der Waals surface area contributed by atoms with Gasteiger partial charge in [0, 0.05) is 48.2 Å². The predicted octanol–water partition coefficient (Wildman–Crippen LogP) is 6.38. The van der Waals surface area contributed by atoms with Crippen molar-refractivity contribution in [1.82, 2.24) is 10.3 Å². The van der Waals surface area contributed by atoms with Crippen molar-refractivity contribution in [3.63, 3.8) is 0 Å². The van der Waals surface area contributed by atoms with Crippen LogP contribution >= 0.6 is 11.6 Å². The number of aliphatic imine (C=N–C) groups is 1. The normalized spacial score (nSPS) is 10.9. The minimum absolute atomic E-state index is 0.220. The molecule has 2 amide bonds. The summed E-state index contributed by atoms with van der Waals surface area (Å²) in [5.74, 6) is 0.774. The summed E-state index contributed by atoms with van der Waals surface area (Å²) in [4.78, 5) is 33.2. The molecule has 7 nitrogen and oxygen atoms in total. The smallest absolute Gasteiger partial charge is 0.258 e. The highest BCUT2D eigenvalue weighted by atomic mass is 35.5. The van der Waals surface area contributed by atoms with Crippen molar-refractivity contribution < 1.29 is 14.3 Å². The molecule has 0 aliphatic carbocycles. The van der Waals surface area contributed by atoms with Crippen molar-refractivity contribution in [2.24, 2.45) is 4.99 Å². The summed E-state index contributed by atoms with van der Waals surface area (Å²) in [7, 11) is 1.59. The van der Waals surface area contributed by atoms with Crippen molar-refractivity contribution in [2.75, 3.05) is 12.4 Å². The molecule has 188 valence electrons. The number of carbonyl (C=O) groups is 2. The molecule has 8 heteroatoms. The maximum absolute atomic E-state index is 12.8. The van der Waals surface area contributed by atoms with Crippen LogP contribution in [0.2, 0.25) is 5.02 Å². The lowest BCUT2D eigenvalue weighted by atomic mass is 10.1. The third kappa shape index (κ3) is 8.06. The number of rotatable bonds is 8. The first-order valence-electron chi connectivity index (χ1n) is 11.6. The van der Waals surface area contributed by atoms with E-state index < -0.39 is 0 Å². The van der Waals surface area contributed by atoms with Crippen molar-refractivity contribution in [3.05, 3.63) is 94.2 Å². The van der Waals surface area contributed by atoms with Gasteiger partial charge in [-0.2, -0.15) is 0 Å². The maximum Gasteiger partial charge on any atom is 0.258 e. The van der Waals surface area contributed by atoms with Gasteiger partial charge in [0.2, 0.25) is 0 Å². The van der Waals surface area contributed by atoms with E-state index in [0.717, 1.165) is 5.56 Å². The van der Waals surface area contributed by atoms with E-state index in [-0.39, 0.29) is 11.8 Å². The lowest BCUT2D eigenvalue weighted by molar-refractivity contribution is -0.112.